The molecule has 1 heterocycles. The Morgan fingerprint density at radius 2 is 2.24 bits per heavy atom. The van der Waals surface area contributed by atoms with Crippen molar-refractivity contribution in [1.29, 1.82) is 0 Å². The van der Waals surface area contributed by atoms with E-state index < -0.39 is 0 Å². The molecule has 0 aliphatic rings. The summed E-state index contributed by atoms with van der Waals surface area (Å²) in [5.41, 5.74) is 0.890. The topological polar surface area (TPSA) is 46.9 Å². The molecular weight excluding hydrogens is 309 g/mol. The van der Waals surface area contributed by atoms with Gasteiger partial charge < -0.3 is 9.88 Å². The van der Waals surface area contributed by atoms with Gasteiger partial charge in [0, 0.05) is 31.4 Å². The number of halogens is 2. The molecule has 112 valence electrons. The predicted molar refractivity (Wildman–Crippen MR) is 84.6 cm³/mol. The van der Waals surface area contributed by atoms with Crippen molar-refractivity contribution >= 4 is 29.1 Å². The third kappa shape index (κ3) is 4.76. The van der Waals surface area contributed by atoms with Crippen molar-refractivity contribution in [3.05, 3.63) is 52.5 Å². The van der Waals surface area contributed by atoms with Crippen LogP contribution < -0.4 is 5.32 Å². The molecule has 2 aromatic rings. The number of rotatable bonds is 6. The molecule has 6 heteroatoms. The van der Waals surface area contributed by atoms with Crippen LogP contribution in [0, 0.1) is 0 Å². The van der Waals surface area contributed by atoms with Gasteiger partial charge in [0.15, 0.2) is 0 Å². The van der Waals surface area contributed by atoms with Crippen LogP contribution in [0.15, 0.2) is 36.9 Å². The Labute approximate surface area is 134 Å². The van der Waals surface area contributed by atoms with Gasteiger partial charge in [-0.05, 0) is 25.0 Å². The Kier molecular flexibility index (Phi) is 5.65. The molecule has 2 rings (SSSR count). The van der Waals surface area contributed by atoms with E-state index in [9.17, 15) is 4.79 Å². The number of benzene rings is 1. The largest absolute Gasteiger partial charge is 0.352 e. The Hall–Kier alpha value is -1.52. The minimum Gasteiger partial charge on any atom is -0.352 e. The molecule has 1 N–H and O–H groups in total. The monoisotopic (exact) mass is 325 g/mol. The average molecular weight is 326 g/mol. The summed E-state index contributed by atoms with van der Waals surface area (Å²) in [7, 11) is 0. The number of hydrogen-bond acceptors (Lipinski definition) is 2. The number of hydrogen-bond donors (Lipinski definition) is 1. The first-order valence-corrected chi connectivity index (χ1v) is 7.50. The van der Waals surface area contributed by atoms with E-state index in [4.69, 9.17) is 23.2 Å². The second kappa shape index (κ2) is 7.48. The number of nitrogens with zero attached hydrogens (tertiary/aromatic N) is 2. The van der Waals surface area contributed by atoms with Crippen LogP contribution in [-0.2, 0) is 17.8 Å². The summed E-state index contributed by atoms with van der Waals surface area (Å²) in [5.74, 6) is -0.00124. The van der Waals surface area contributed by atoms with Crippen molar-refractivity contribution in [1.82, 2.24) is 14.9 Å². The molecule has 4 nitrogen and oxygen atoms in total. The van der Waals surface area contributed by atoms with Gasteiger partial charge in [-0.25, -0.2) is 4.98 Å². The summed E-state index contributed by atoms with van der Waals surface area (Å²) in [5, 5.41) is 4.00. The lowest BCUT2D eigenvalue weighted by Gasteiger charge is -2.14. The molecule has 0 aliphatic carbocycles. The van der Waals surface area contributed by atoms with E-state index in [1.807, 2.05) is 29.8 Å². The number of carbonyl (C=O) groups excluding carboxylic acids is 1. The molecule has 1 aromatic heterocycles. The lowest BCUT2D eigenvalue weighted by atomic mass is 10.1. The predicted octanol–water partition coefficient (Wildman–Crippen LogP) is 3.33. The number of imidazole rings is 1. The molecule has 0 spiro atoms. The van der Waals surface area contributed by atoms with Gasteiger partial charge in [-0.15, -0.1) is 0 Å². The maximum Gasteiger partial charge on any atom is 0.220 e. The smallest absolute Gasteiger partial charge is 0.220 e. The zero-order valence-electron chi connectivity index (χ0n) is 11.7. The Balaban J connectivity index is 1.80. The summed E-state index contributed by atoms with van der Waals surface area (Å²) >= 11 is 12.1. The molecule has 0 fully saturated rings. The highest BCUT2D eigenvalue weighted by molar-refractivity contribution is 6.42. The summed E-state index contributed by atoms with van der Waals surface area (Å²) in [4.78, 5) is 15.9. The quantitative estimate of drug-likeness (QED) is 0.885. The maximum absolute atomic E-state index is 11.9. The molecule has 0 bridgehead atoms. The van der Waals surface area contributed by atoms with Gasteiger partial charge in [0.1, 0.15) is 0 Å². The summed E-state index contributed by atoms with van der Waals surface area (Å²) in [6.45, 7) is 2.66. The molecule has 0 saturated carbocycles. The van der Waals surface area contributed by atoms with E-state index in [2.05, 4.69) is 10.3 Å². The molecule has 1 aromatic carbocycles. The summed E-state index contributed by atoms with van der Waals surface area (Å²) in [6, 6.07) is 5.50. The fourth-order valence-electron chi connectivity index (χ4n) is 2.09. The number of amides is 1. The number of aromatic nitrogens is 2. The fraction of sp³-hybridized carbons (Fsp3) is 0.333. The fourth-order valence-corrected chi connectivity index (χ4v) is 2.51. The van der Waals surface area contributed by atoms with E-state index in [1.54, 1.807) is 18.6 Å². The molecule has 0 radical (unpaired) electrons. The van der Waals surface area contributed by atoms with Gasteiger partial charge in [0.05, 0.1) is 16.4 Å². The Morgan fingerprint density at radius 1 is 1.43 bits per heavy atom. The molecule has 1 amide bonds. The number of aryl methyl sites for hydroxylation is 1. The second-order valence-electron chi connectivity index (χ2n) is 4.94. The Bertz CT molecular complexity index is 599. The lowest BCUT2D eigenvalue weighted by Crippen LogP contribution is -2.35. The Morgan fingerprint density at radius 3 is 2.95 bits per heavy atom. The van der Waals surface area contributed by atoms with E-state index in [1.165, 1.54) is 0 Å². The van der Waals surface area contributed by atoms with Crippen molar-refractivity contribution < 1.29 is 4.79 Å². The van der Waals surface area contributed by atoms with Crippen molar-refractivity contribution in [3.8, 4) is 0 Å². The highest BCUT2D eigenvalue weighted by Crippen LogP contribution is 2.26. The zero-order valence-corrected chi connectivity index (χ0v) is 13.2. The highest BCUT2D eigenvalue weighted by atomic mass is 35.5. The highest BCUT2D eigenvalue weighted by Gasteiger charge is 2.10. The van der Waals surface area contributed by atoms with Crippen LogP contribution in [0.1, 0.15) is 18.9 Å². The van der Waals surface area contributed by atoms with Crippen LogP contribution in [0.3, 0.4) is 0 Å². The van der Waals surface area contributed by atoms with E-state index >= 15 is 0 Å². The summed E-state index contributed by atoms with van der Waals surface area (Å²) in [6.07, 6.45) is 6.27. The third-order valence-electron chi connectivity index (χ3n) is 3.10. The van der Waals surface area contributed by atoms with Gasteiger partial charge in [-0.3, -0.25) is 4.79 Å². The lowest BCUT2D eigenvalue weighted by molar-refractivity contribution is -0.121. The van der Waals surface area contributed by atoms with Crippen LogP contribution in [0.4, 0.5) is 0 Å². The normalized spacial score (nSPS) is 12.1. The summed E-state index contributed by atoms with van der Waals surface area (Å²) < 4.78 is 1.93. The van der Waals surface area contributed by atoms with Gasteiger partial charge in [-0.2, -0.15) is 0 Å². The zero-order chi connectivity index (χ0) is 15.2. The van der Waals surface area contributed by atoms with Crippen molar-refractivity contribution in [2.45, 2.75) is 32.4 Å². The van der Waals surface area contributed by atoms with Crippen molar-refractivity contribution in [3.63, 3.8) is 0 Å². The first-order chi connectivity index (χ1) is 10.1. The average Bonchev–Trinajstić information content (AvgIpc) is 2.93. The van der Waals surface area contributed by atoms with Crippen LogP contribution >= 0.6 is 23.2 Å². The number of nitrogens with one attached hydrogen (secondary N) is 1. The maximum atomic E-state index is 11.9. The van der Waals surface area contributed by atoms with Crippen molar-refractivity contribution in [2.24, 2.45) is 0 Å². The minimum absolute atomic E-state index is 0.00124. The van der Waals surface area contributed by atoms with Crippen LogP contribution in [-0.4, -0.2) is 21.5 Å². The standard InChI is InChI=1S/C15H17Cl2N3O/c1-11(9-20-8-7-18-10-20)19-14(21)6-5-12-3-2-4-13(16)15(12)17/h2-4,7-8,10-11H,5-6,9H2,1H3,(H,19,21). The molecular formula is C15H17Cl2N3O. The van der Waals surface area contributed by atoms with Gasteiger partial charge in [0.25, 0.3) is 0 Å². The van der Waals surface area contributed by atoms with Crippen LogP contribution in [0.5, 0.6) is 0 Å². The second-order valence-corrected chi connectivity index (χ2v) is 5.73. The van der Waals surface area contributed by atoms with E-state index in [0.717, 1.165) is 5.56 Å². The first kappa shape index (κ1) is 15.9. The number of carbonyl (C=O) groups is 1. The molecule has 0 saturated heterocycles. The van der Waals surface area contributed by atoms with Crippen LogP contribution in [0.2, 0.25) is 10.0 Å². The SMILES string of the molecule is CC(Cn1ccnc1)NC(=O)CCc1cccc(Cl)c1Cl. The third-order valence-corrected chi connectivity index (χ3v) is 3.96. The van der Waals surface area contributed by atoms with Crippen LogP contribution in [0.25, 0.3) is 0 Å². The van der Waals surface area contributed by atoms with Gasteiger partial charge >= 0.3 is 0 Å². The van der Waals surface area contributed by atoms with Crippen molar-refractivity contribution in [2.75, 3.05) is 0 Å². The minimum atomic E-state index is -0.00124. The molecule has 1 atom stereocenters. The molecule has 0 aliphatic heterocycles. The van der Waals surface area contributed by atoms with Gasteiger partial charge in [-0.1, -0.05) is 35.3 Å². The molecule has 21 heavy (non-hydrogen) atoms. The molecule has 1 unspecified atom stereocenters. The van der Waals surface area contributed by atoms with Gasteiger partial charge in [0.2, 0.25) is 5.91 Å². The van der Waals surface area contributed by atoms with E-state index in [0.29, 0.717) is 29.4 Å². The van der Waals surface area contributed by atoms with E-state index in [-0.39, 0.29) is 11.9 Å². The first-order valence-electron chi connectivity index (χ1n) is 6.74.